The molecule has 6 nitrogen and oxygen atoms in total. The lowest BCUT2D eigenvalue weighted by atomic mass is 9.97. The maximum atomic E-state index is 12.6. The fourth-order valence-corrected chi connectivity index (χ4v) is 2.97. The van der Waals surface area contributed by atoms with E-state index in [4.69, 9.17) is 5.73 Å². The lowest BCUT2D eigenvalue weighted by molar-refractivity contribution is -0.117. The highest BCUT2D eigenvalue weighted by Crippen LogP contribution is 2.29. The largest absolute Gasteiger partial charge is 0.502 e. The molecule has 0 radical (unpaired) electrons. The molecule has 1 amide bonds. The summed E-state index contributed by atoms with van der Waals surface area (Å²) in [5.41, 5.74) is 6.56. The molecule has 0 spiro atoms. The molecule has 1 heterocycles. The van der Waals surface area contributed by atoms with Crippen molar-refractivity contribution in [3.63, 3.8) is 0 Å². The highest BCUT2D eigenvalue weighted by molar-refractivity contribution is 5.76. The second-order valence-electron chi connectivity index (χ2n) is 6.74. The van der Waals surface area contributed by atoms with Crippen LogP contribution in [-0.4, -0.2) is 27.0 Å². The van der Waals surface area contributed by atoms with Gasteiger partial charge in [0.1, 0.15) is 5.69 Å². The molecule has 31 heavy (non-hydrogen) atoms. The first-order chi connectivity index (χ1) is 14.8. The molecule has 158 valence electrons. The predicted octanol–water partition coefficient (Wildman–Crippen LogP) is 2.70. The van der Waals surface area contributed by atoms with Crippen molar-refractivity contribution < 1.29 is 18.7 Å². The Morgan fingerprint density at radius 1 is 1.13 bits per heavy atom. The molecule has 0 saturated carbocycles. The van der Waals surface area contributed by atoms with Crippen molar-refractivity contribution in [1.82, 2.24) is 9.55 Å². The van der Waals surface area contributed by atoms with Gasteiger partial charge in [0.05, 0.1) is 12.9 Å². The number of hydrogen-bond acceptors (Lipinski definition) is 4. The van der Waals surface area contributed by atoms with Crippen LogP contribution in [0, 0.1) is 11.8 Å². The first-order valence-corrected chi connectivity index (χ1v) is 9.40. The van der Waals surface area contributed by atoms with Crippen LogP contribution in [-0.2, 0) is 17.8 Å². The number of amides is 1. The van der Waals surface area contributed by atoms with Gasteiger partial charge in [-0.25, -0.2) is 13.8 Å². The minimum atomic E-state index is -2.77. The van der Waals surface area contributed by atoms with Crippen molar-refractivity contribution in [1.29, 1.82) is 0 Å². The molecule has 0 aliphatic carbocycles. The van der Waals surface area contributed by atoms with Crippen molar-refractivity contribution in [2.45, 2.75) is 25.8 Å². The van der Waals surface area contributed by atoms with Crippen molar-refractivity contribution >= 4 is 5.91 Å². The standard InChI is InChI=1S/C23H19F2N3O3/c24-19(25)13-28-14-27-21(22(30)23(28)31)18-12-16(7-6-15-4-2-1-3-5-15)8-9-17(18)10-11-20(26)29/h1-5,8-9,12,14,19,30H,10-11,13H2,(H2,26,29). The van der Waals surface area contributed by atoms with E-state index in [1.165, 1.54) is 0 Å². The van der Waals surface area contributed by atoms with Crippen LogP contribution in [0.5, 0.6) is 5.75 Å². The minimum absolute atomic E-state index is 0.0469. The Morgan fingerprint density at radius 2 is 1.84 bits per heavy atom. The summed E-state index contributed by atoms with van der Waals surface area (Å²) in [6.45, 7) is -0.878. The highest BCUT2D eigenvalue weighted by atomic mass is 19.3. The number of aryl methyl sites for hydroxylation is 1. The number of carbonyl (C=O) groups excluding carboxylic acids is 1. The molecule has 1 aromatic heterocycles. The van der Waals surface area contributed by atoms with E-state index in [1.807, 2.05) is 30.3 Å². The number of benzene rings is 2. The van der Waals surface area contributed by atoms with E-state index in [0.29, 0.717) is 21.3 Å². The zero-order valence-corrected chi connectivity index (χ0v) is 16.4. The third-order valence-electron chi connectivity index (χ3n) is 4.48. The Hall–Kier alpha value is -3.99. The Balaban J connectivity index is 2.07. The number of aromatic nitrogens is 2. The molecular weight excluding hydrogens is 404 g/mol. The summed E-state index contributed by atoms with van der Waals surface area (Å²) in [4.78, 5) is 27.6. The Bertz CT molecular complexity index is 1210. The molecule has 2 aromatic carbocycles. The normalized spacial score (nSPS) is 10.5. The summed E-state index contributed by atoms with van der Waals surface area (Å²) < 4.78 is 25.9. The molecular formula is C23H19F2N3O3. The number of halogens is 2. The fraction of sp³-hybridized carbons (Fsp3) is 0.174. The molecule has 0 aliphatic rings. The molecule has 0 aliphatic heterocycles. The van der Waals surface area contributed by atoms with Crippen LogP contribution in [0.1, 0.15) is 23.1 Å². The number of primary amides is 1. The van der Waals surface area contributed by atoms with Crippen LogP contribution in [0.25, 0.3) is 11.3 Å². The SMILES string of the molecule is NC(=O)CCc1ccc(C#Cc2ccccc2)cc1-c1ncn(CC(F)F)c(=O)c1O. The molecule has 8 heteroatoms. The topological polar surface area (TPSA) is 98.2 Å². The van der Waals surface area contributed by atoms with Crippen LogP contribution < -0.4 is 11.3 Å². The molecule has 0 saturated heterocycles. The van der Waals surface area contributed by atoms with Crippen molar-refractivity contribution in [2.24, 2.45) is 5.73 Å². The van der Waals surface area contributed by atoms with E-state index in [0.717, 1.165) is 11.9 Å². The maximum absolute atomic E-state index is 12.6. The number of hydrogen-bond donors (Lipinski definition) is 2. The Morgan fingerprint density at radius 3 is 2.52 bits per heavy atom. The zero-order valence-electron chi connectivity index (χ0n) is 16.4. The van der Waals surface area contributed by atoms with Crippen molar-refractivity contribution in [3.8, 4) is 28.8 Å². The highest BCUT2D eigenvalue weighted by Gasteiger charge is 2.18. The molecule has 0 atom stereocenters. The predicted molar refractivity (Wildman–Crippen MR) is 112 cm³/mol. The summed E-state index contributed by atoms with van der Waals surface area (Å²) in [5.74, 6) is 4.75. The van der Waals surface area contributed by atoms with Gasteiger partial charge in [0.2, 0.25) is 11.7 Å². The van der Waals surface area contributed by atoms with Gasteiger partial charge in [-0.3, -0.25) is 14.2 Å². The number of alkyl halides is 2. The quantitative estimate of drug-likeness (QED) is 0.596. The van der Waals surface area contributed by atoms with Gasteiger partial charge in [0.25, 0.3) is 12.0 Å². The molecule has 0 bridgehead atoms. The summed E-state index contributed by atoms with van der Waals surface area (Å²) in [5, 5.41) is 10.4. The average molecular weight is 423 g/mol. The smallest absolute Gasteiger partial charge is 0.296 e. The van der Waals surface area contributed by atoms with E-state index < -0.39 is 30.2 Å². The number of nitrogens with zero attached hydrogens (tertiary/aromatic N) is 2. The van der Waals surface area contributed by atoms with Crippen molar-refractivity contribution in [2.75, 3.05) is 0 Å². The molecule has 3 N–H and O–H groups in total. The van der Waals surface area contributed by atoms with Crippen LogP contribution in [0.2, 0.25) is 0 Å². The van der Waals surface area contributed by atoms with E-state index in [9.17, 15) is 23.5 Å². The lowest BCUT2D eigenvalue weighted by Gasteiger charge is -2.12. The van der Waals surface area contributed by atoms with Gasteiger partial charge < -0.3 is 10.8 Å². The molecule has 0 unspecified atom stereocenters. The Kier molecular flexibility index (Phi) is 6.78. The first-order valence-electron chi connectivity index (χ1n) is 9.40. The first kappa shape index (κ1) is 21.7. The van der Waals surface area contributed by atoms with E-state index in [2.05, 4.69) is 16.8 Å². The van der Waals surface area contributed by atoms with Gasteiger partial charge in [-0.2, -0.15) is 0 Å². The van der Waals surface area contributed by atoms with Crippen molar-refractivity contribution in [3.05, 3.63) is 81.9 Å². The second-order valence-corrected chi connectivity index (χ2v) is 6.74. The number of rotatable bonds is 6. The monoisotopic (exact) mass is 423 g/mol. The van der Waals surface area contributed by atoms with Gasteiger partial charge >= 0.3 is 0 Å². The lowest BCUT2D eigenvalue weighted by Crippen LogP contribution is -2.24. The van der Waals surface area contributed by atoms with Gasteiger partial charge in [-0.1, -0.05) is 36.1 Å². The maximum Gasteiger partial charge on any atom is 0.296 e. The number of nitrogens with two attached hydrogens (primary N) is 1. The molecule has 0 fully saturated rings. The van der Waals surface area contributed by atoms with Crippen LogP contribution in [0.3, 0.4) is 0 Å². The van der Waals surface area contributed by atoms with Gasteiger partial charge in [0.15, 0.2) is 0 Å². The summed E-state index contributed by atoms with van der Waals surface area (Å²) >= 11 is 0. The van der Waals surface area contributed by atoms with Crippen LogP contribution >= 0.6 is 0 Å². The Labute approximate surface area is 177 Å². The summed E-state index contributed by atoms with van der Waals surface area (Å²) in [6, 6.07) is 14.4. The summed E-state index contributed by atoms with van der Waals surface area (Å²) in [6.07, 6.45) is -1.51. The van der Waals surface area contributed by atoms with Crippen LogP contribution in [0.4, 0.5) is 8.78 Å². The minimum Gasteiger partial charge on any atom is -0.502 e. The average Bonchev–Trinajstić information content (AvgIpc) is 2.75. The number of aromatic hydroxyl groups is 1. The zero-order chi connectivity index (χ0) is 22.4. The number of carbonyl (C=O) groups is 1. The third-order valence-corrected chi connectivity index (χ3v) is 4.48. The van der Waals surface area contributed by atoms with E-state index in [1.54, 1.807) is 18.2 Å². The van der Waals surface area contributed by atoms with Gasteiger partial charge in [-0.15, -0.1) is 0 Å². The molecule has 3 rings (SSSR count). The van der Waals surface area contributed by atoms with E-state index >= 15 is 0 Å². The third kappa shape index (κ3) is 5.54. The van der Waals surface area contributed by atoms with Gasteiger partial charge in [0, 0.05) is 23.1 Å². The summed E-state index contributed by atoms with van der Waals surface area (Å²) in [7, 11) is 0. The fourth-order valence-electron chi connectivity index (χ4n) is 2.97. The van der Waals surface area contributed by atoms with Crippen LogP contribution in [0.15, 0.2) is 59.7 Å². The molecule has 3 aromatic rings. The van der Waals surface area contributed by atoms with Gasteiger partial charge in [-0.05, 0) is 36.2 Å². The second kappa shape index (κ2) is 9.67. The van der Waals surface area contributed by atoms with E-state index in [-0.39, 0.29) is 18.5 Å².